The average molecular weight is 413 g/mol. The van der Waals surface area contributed by atoms with Crippen molar-refractivity contribution < 1.29 is 9.53 Å². The van der Waals surface area contributed by atoms with Crippen LogP contribution in [0.1, 0.15) is 25.3 Å². The third-order valence-corrected chi connectivity index (χ3v) is 5.43. The number of piperidine rings is 1. The number of nitrogen functional groups attached to an aromatic ring is 1. The molecule has 0 aliphatic carbocycles. The molecule has 6 nitrogen and oxygen atoms in total. The van der Waals surface area contributed by atoms with Crippen LogP contribution in [0.5, 0.6) is 0 Å². The lowest BCUT2D eigenvalue weighted by Crippen LogP contribution is -2.49. The standard InChI is InChI=1S/C22H28N4O2S/c1-2-28-22(27)25-14-12-18(13-15-25)26(16-17-8-4-3-5-9-17)21(29)24-20-11-7-6-10-19(20)23/h3-11,18H,2,12-16,23H2,1H3,(H,24,29). The van der Waals surface area contributed by atoms with Gasteiger partial charge in [0.15, 0.2) is 5.11 Å². The van der Waals surface area contributed by atoms with Gasteiger partial charge in [-0.25, -0.2) is 4.79 Å². The molecule has 0 atom stereocenters. The van der Waals surface area contributed by atoms with E-state index >= 15 is 0 Å². The molecule has 7 heteroatoms. The number of anilines is 2. The number of para-hydroxylation sites is 2. The maximum absolute atomic E-state index is 12.0. The zero-order valence-electron chi connectivity index (χ0n) is 16.7. The number of hydrogen-bond donors (Lipinski definition) is 2. The fourth-order valence-corrected chi connectivity index (χ4v) is 3.84. The van der Waals surface area contributed by atoms with Crippen molar-refractivity contribution in [3.63, 3.8) is 0 Å². The molecular formula is C22H28N4O2S. The minimum absolute atomic E-state index is 0.228. The number of hydrogen-bond acceptors (Lipinski definition) is 4. The summed E-state index contributed by atoms with van der Waals surface area (Å²) in [6, 6.07) is 18.1. The zero-order valence-corrected chi connectivity index (χ0v) is 17.5. The molecule has 0 radical (unpaired) electrons. The SMILES string of the molecule is CCOC(=O)N1CCC(N(Cc2ccccc2)C(=S)Nc2ccccc2N)CC1. The molecule has 3 N–H and O–H groups in total. The van der Waals surface area contributed by atoms with Crippen LogP contribution < -0.4 is 11.1 Å². The van der Waals surface area contributed by atoms with Crippen LogP contribution in [0.25, 0.3) is 0 Å². The third kappa shape index (κ3) is 5.60. The summed E-state index contributed by atoms with van der Waals surface area (Å²) in [5, 5.41) is 3.95. The molecule has 3 rings (SSSR count). The van der Waals surface area contributed by atoms with Gasteiger partial charge in [-0.1, -0.05) is 42.5 Å². The van der Waals surface area contributed by atoms with Crippen LogP contribution in [-0.4, -0.2) is 46.7 Å². The third-order valence-electron chi connectivity index (χ3n) is 5.09. The number of rotatable bonds is 5. The molecule has 0 spiro atoms. The maximum Gasteiger partial charge on any atom is 0.409 e. The Morgan fingerprint density at radius 2 is 1.83 bits per heavy atom. The Hall–Kier alpha value is -2.80. The van der Waals surface area contributed by atoms with Crippen LogP contribution in [0.4, 0.5) is 16.2 Å². The van der Waals surface area contributed by atoms with E-state index in [4.69, 9.17) is 22.7 Å². The Kier molecular flexibility index (Phi) is 7.30. The number of carbonyl (C=O) groups excluding carboxylic acids is 1. The molecule has 0 aromatic heterocycles. The van der Waals surface area contributed by atoms with Gasteiger partial charge in [-0.05, 0) is 49.7 Å². The van der Waals surface area contributed by atoms with Gasteiger partial charge in [0.05, 0.1) is 18.0 Å². The molecule has 2 aromatic rings. The molecule has 1 heterocycles. The smallest absolute Gasteiger partial charge is 0.409 e. The predicted molar refractivity (Wildman–Crippen MR) is 121 cm³/mol. The van der Waals surface area contributed by atoms with Gasteiger partial charge < -0.3 is 25.6 Å². The average Bonchev–Trinajstić information content (AvgIpc) is 2.74. The number of benzene rings is 2. The Morgan fingerprint density at radius 1 is 1.17 bits per heavy atom. The minimum atomic E-state index is -0.238. The molecule has 1 fully saturated rings. The summed E-state index contributed by atoms with van der Waals surface area (Å²) in [5.41, 5.74) is 8.73. The molecule has 0 bridgehead atoms. The molecule has 29 heavy (non-hydrogen) atoms. The van der Waals surface area contributed by atoms with Gasteiger partial charge in [-0.15, -0.1) is 0 Å². The van der Waals surface area contributed by atoms with E-state index in [1.54, 1.807) is 4.90 Å². The first-order chi connectivity index (χ1) is 14.1. The second-order valence-electron chi connectivity index (χ2n) is 7.05. The van der Waals surface area contributed by atoms with Crippen LogP contribution in [0.2, 0.25) is 0 Å². The summed E-state index contributed by atoms with van der Waals surface area (Å²) in [7, 11) is 0. The summed E-state index contributed by atoms with van der Waals surface area (Å²) >= 11 is 5.77. The predicted octanol–water partition coefficient (Wildman–Crippen LogP) is 4.09. The zero-order chi connectivity index (χ0) is 20.6. The highest BCUT2D eigenvalue weighted by molar-refractivity contribution is 7.80. The number of thiocarbonyl (C=S) groups is 1. The van der Waals surface area contributed by atoms with Gasteiger partial charge in [0.1, 0.15) is 0 Å². The molecule has 1 saturated heterocycles. The lowest BCUT2D eigenvalue weighted by atomic mass is 10.0. The van der Waals surface area contributed by atoms with Crippen molar-refractivity contribution in [3.05, 3.63) is 60.2 Å². The second-order valence-corrected chi connectivity index (χ2v) is 7.43. The van der Waals surface area contributed by atoms with E-state index in [0.29, 0.717) is 37.0 Å². The van der Waals surface area contributed by atoms with E-state index in [2.05, 4.69) is 22.3 Å². The van der Waals surface area contributed by atoms with Gasteiger partial charge in [-0.3, -0.25) is 0 Å². The summed E-state index contributed by atoms with van der Waals surface area (Å²) < 4.78 is 5.13. The first-order valence-electron chi connectivity index (χ1n) is 9.96. The summed E-state index contributed by atoms with van der Waals surface area (Å²) in [6.07, 6.45) is 1.42. The van der Waals surface area contributed by atoms with Crippen LogP contribution in [-0.2, 0) is 11.3 Å². The minimum Gasteiger partial charge on any atom is -0.450 e. The number of carbonyl (C=O) groups is 1. The van der Waals surface area contributed by atoms with Gasteiger partial charge in [0.2, 0.25) is 0 Å². The lowest BCUT2D eigenvalue weighted by Gasteiger charge is -2.39. The number of nitrogens with two attached hydrogens (primary N) is 1. The fourth-order valence-electron chi connectivity index (χ4n) is 3.52. The number of nitrogens with zero attached hydrogens (tertiary/aromatic N) is 2. The van der Waals surface area contributed by atoms with Crippen LogP contribution in [0, 0.1) is 0 Å². The Balaban J connectivity index is 1.72. The van der Waals surface area contributed by atoms with Crippen LogP contribution >= 0.6 is 12.2 Å². The van der Waals surface area contributed by atoms with Crippen molar-refractivity contribution in [1.29, 1.82) is 0 Å². The topological polar surface area (TPSA) is 70.8 Å². The summed E-state index contributed by atoms with van der Waals surface area (Å²) in [6.45, 7) is 4.23. The fraction of sp³-hybridized carbons (Fsp3) is 0.364. The van der Waals surface area contributed by atoms with E-state index in [-0.39, 0.29) is 12.1 Å². The molecule has 0 unspecified atom stereocenters. The van der Waals surface area contributed by atoms with E-state index in [1.165, 1.54) is 5.56 Å². The van der Waals surface area contributed by atoms with E-state index in [9.17, 15) is 4.79 Å². The molecule has 154 valence electrons. The van der Waals surface area contributed by atoms with Gasteiger partial charge >= 0.3 is 6.09 Å². The molecular weight excluding hydrogens is 384 g/mol. The molecule has 2 aromatic carbocycles. The van der Waals surface area contributed by atoms with Crippen molar-refractivity contribution in [2.45, 2.75) is 32.4 Å². The van der Waals surface area contributed by atoms with E-state index in [0.717, 1.165) is 18.5 Å². The van der Waals surface area contributed by atoms with Crippen molar-refractivity contribution >= 4 is 34.8 Å². The van der Waals surface area contributed by atoms with Crippen molar-refractivity contribution in [2.24, 2.45) is 0 Å². The van der Waals surface area contributed by atoms with E-state index < -0.39 is 0 Å². The maximum atomic E-state index is 12.0. The van der Waals surface area contributed by atoms with Crippen LogP contribution in [0.15, 0.2) is 54.6 Å². The molecule has 0 saturated carbocycles. The first-order valence-corrected chi connectivity index (χ1v) is 10.4. The molecule has 1 aliphatic rings. The van der Waals surface area contributed by atoms with E-state index in [1.807, 2.05) is 49.4 Å². The van der Waals surface area contributed by atoms with Crippen molar-refractivity contribution in [1.82, 2.24) is 9.80 Å². The highest BCUT2D eigenvalue weighted by atomic mass is 32.1. The highest BCUT2D eigenvalue weighted by Crippen LogP contribution is 2.23. The number of nitrogens with one attached hydrogen (secondary N) is 1. The summed E-state index contributed by atoms with van der Waals surface area (Å²) in [5.74, 6) is 0. The quantitative estimate of drug-likeness (QED) is 0.569. The number of amides is 1. The molecule has 1 amide bonds. The Morgan fingerprint density at radius 3 is 2.48 bits per heavy atom. The normalized spacial score (nSPS) is 14.3. The number of ether oxygens (including phenoxy) is 1. The largest absolute Gasteiger partial charge is 0.450 e. The lowest BCUT2D eigenvalue weighted by molar-refractivity contribution is 0.0866. The van der Waals surface area contributed by atoms with Gasteiger partial charge in [-0.2, -0.15) is 0 Å². The Bertz CT molecular complexity index is 823. The van der Waals surface area contributed by atoms with Gasteiger partial charge in [0, 0.05) is 25.7 Å². The van der Waals surface area contributed by atoms with Crippen molar-refractivity contribution in [3.8, 4) is 0 Å². The van der Waals surface area contributed by atoms with Gasteiger partial charge in [0.25, 0.3) is 0 Å². The number of likely N-dealkylation sites (tertiary alicyclic amines) is 1. The summed E-state index contributed by atoms with van der Waals surface area (Å²) in [4.78, 5) is 16.0. The molecule has 1 aliphatic heterocycles. The monoisotopic (exact) mass is 412 g/mol. The Labute approximate surface area is 177 Å². The van der Waals surface area contributed by atoms with Crippen LogP contribution in [0.3, 0.4) is 0 Å². The second kappa shape index (κ2) is 10.1. The first kappa shape index (κ1) is 20.9. The van der Waals surface area contributed by atoms with Crippen molar-refractivity contribution in [2.75, 3.05) is 30.7 Å². The highest BCUT2D eigenvalue weighted by Gasteiger charge is 2.29.